The number of nitrogens with zero attached hydrogens (tertiary/aromatic N) is 4. The topological polar surface area (TPSA) is 67.3 Å². The van der Waals surface area contributed by atoms with Gasteiger partial charge in [0.2, 0.25) is 0 Å². The van der Waals surface area contributed by atoms with Crippen molar-refractivity contribution in [3.63, 3.8) is 0 Å². The molecule has 3 rings (SSSR count). The summed E-state index contributed by atoms with van der Waals surface area (Å²) in [5, 5.41) is 0. The zero-order valence-corrected chi connectivity index (χ0v) is 9.60. The zero-order valence-electron chi connectivity index (χ0n) is 9.60. The highest BCUT2D eigenvalue weighted by Gasteiger charge is 2.07. The fourth-order valence-corrected chi connectivity index (χ4v) is 1.64. The smallest absolute Gasteiger partial charge is 0.178 e. The van der Waals surface area contributed by atoms with Crippen molar-refractivity contribution in [2.24, 2.45) is 0 Å². The number of nitrogens with one attached hydrogen (secondary N) is 1. The molecule has 0 atom stereocenters. The van der Waals surface area contributed by atoms with Crippen molar-refractivity contribution in [1.29, 1.82) is 0 Å². The molecule has 0 fully saturated rings. The van der Waals surface area contributed by atoms with Crippen molar-refractivity contribution in [1.82, 2.24) is 24.9 Å². The number of H-pyrrole nitrogens is 1. The minimum atomic E-state index is 0.700. The summed E-state index contributed by atoms with van der Waals surface area (Å²) in [5.41, 5.74) is 4.34. The first-order valence-corrected chi connectivity index (χ1v) is 5.34. The molecule has 0 aromatic carbocycles. The van der Waals surface area contributed by atoms with Crippen LogP contribution in [0.1, 0.15) is 11.3 Å². The number of aryl methyl sites for hydroxylation is 2. The van der Waals surface area contributed by atoms with Gasteiger partial charge in [0.15, 0.2) is 11.5 Å². The lowest BCUT2D eigenvalue weighted by Crippen LogP contribution is -1.89. The normalized spacial score (nSPS) is 10.9. The third-order valence-corrected chi connectivity index (χ3v) is 2.50. The van der Waals surface area contributed by atoms with Crippen LogP contribution in [-0.4, -0.2) is 24.9 Å². The van der Waals surface area contributed by atoms with Gasteiger partial charge in [-0.2, -0.15) is 0 Å². The highest BCUT2D eigenvalue weighted by atomic mass is 15.0. The van der Waals surface area contributed by atoms with Gasteiger partial charge >= 0.3 is 0 Å². The Morgan fingerprint density at radius 1 is 1.00 bits per heavy atom. The van der Waals surface area contributed by atoms with Gasteiger partial charge in [0.1, 0.15) is 5.69 Å². The van der Waals surface area contributed by atoms with E-state index in [0.29, 0.717) is 11.5 Å². The van der Waals surface area contributed by atoms with Crippen LogP contribution in [-0.2, 0) is 0 Å². The summed E-state index contributed by atoms with van der Waals surface area (Å²) >= 11 is 0. The number of aromatic nitrogens is 5. The van der Waals surface area contributed by atoms with Crippen LogP contribution >= 0.6 is 0 Å². The van der Waals surface area contributed by atoms with Crippen LogP contribution in [0.5, 0.6) is 0 Å². The maximum Gasteiger partial charge on any atom is 0.178 e. The zero-order chi connectivity index (χ0) is 11.8. The molecule has 3 aromatic rings. The minimum Gasteiger partial charge on any atom is -0.335 e. The second-order valence-corrected chi connectivity index (χ2v) is 4.01. The average molecular weight is 225 g/mol. The number of fused-ring (bicyclic) bond motifs is 1. The molecule has 0 unspecified atom stereocenters. The van der Waals surface area contributed by atoms with Crippen molar-refractivity contribution in [2.45, 2.75) is 13.8 Å². The first kappa shape index (κ1) is 9.89. The summed E-state index contributed by atoms with van der Waals surface area (Å²) in [5.74, 6) is 0.700. The summed E-state index contributed by atoms with van der Waals surface area (Å²) < 4.78 is 0. The SMILES string of the molecule is Cc1cnc2nc(-c3cnc(C)cn3)[nH]c2c1. The Morgan fingerprint density at radius 3 is 2.65 bits per heavy atom. The maximum absolute atomic E-state index is 4.38. The van der Waals surface area contributed by atoms with Crippen molar-refractivity contribution < 1.29 is 0 Å². The molecule has 0 saturated carbocycles. The largest absolute Gasteiger partial charge is 0.335 e. The van der Waals surface area contributed by atoms with Gasteiger partial charge in [0, 0.05) is 12.4 Å². The third kappa shape index (κ3) is 1.75. The second kappa shape index (κ2) is 3.62. The summed E-state index contributed by atoms with van der Waals surface area (Å²) in [6.45, 7) is 3.90. The van der Waals surface area contributed by atoms with Crippen LogP contribution in [0.25, 0.3) is 22.7 Å². The van der Waals surface area contributed by atoms with Gasteiger partial charge in [-0.25, -0.2) is 15.0 Å². The molecule has 0 aliphatic carbocycles. The predicted octanol–water partition coefficient (Wildman–Crippen LogP) is 2.03. The Morgan fingerprint density at radius 2 is 1.88 bits per heavy atom. The van der Waals surface area contributed by atoms with E-state index in [9.17, 15) is 0 Å². The summed E-state index contributed by atoms with van der Waals surface area (Å²) in [6.07, 6.45) is 5.23. The Labute approximate surface area is 98.0 Å². The Kier molecular flexibility index (Phi) is 2.11. The van der Waals surface area contributed by atoms with E-state index in [0.717, 1.165) is 22.5 Å². The van der Waals surface area contributed by atoms with E-state index in [1.165, 1.54) is 0 Å². The van der Waals surface area contributed by atoms with E-state index in [-0.39, 0.29) is 0 Å². The Balaban J connectivity index is 2.14. The first-order valence-electron chi connectivity index (χ1n) is 5.34. The summed E-state index contributed by atoms with van der Waals surface area (Å²) in [7, 11) is 0. The second-order valence-electron chi connectivity index (χ2n) is 4.01. The molecule has 0 amide bonds. The molecule has 0 spiro atoms. The van der Waals surface area contributed by atoms with Gasteiger partial charge in [0.25, 0.3) is 0 Å². The van der Waals surface area contributed by atoms with Crippen LogP contribution in [0, 0.1) is 13.8 Å². The lowest BCUT2D eigenvalue weighted by molar-refractivity contribution is 1.10. The monoisotopic (exact) mass is 225 g/mol. The molecule has 0 radical (unpaired) electrons. The molecule has 84 valence electrons. The lowest BCUT2D eigenvalue weighted by Gasteiger charge is -1.94. The lowest BCUT2D eigenvalue weighted by atomic mass is 10.3. The van der Waals surface area contributed by atoms with E-state index >= 15 is 0 Å². The maximum atomic E-state index is 4.38. The molecule has 5 heteroatoms. The molecular weight excluding hydrogens is 214 g/mol. The van der Waals surface area contributed by atoms with Crippen LogP contribution < -0.4 is 0 Å². The molecule has 3 heterocycles. The molecule has 17 heavy (non-hydrogen) atoms. The van der Waals surface area contributed by atoms with Crippen molar-refractivity contribution in [3.05, 3.63) is 35.9 Å². The highest BCUT2D eigenvalue weighted by Crippen LogP contribution is 2.17. The fraction of sp³-hybridized carbons (Fsp3) is 0.167. The molecular formula is C12H11N5. The van der Waals surface area contributed by atoms with E-state index in [4.69, 9.17) is 0 Å². The quantitative estimate of drug-likeness (QED) is 0.688. The number of rotatable bonds is 1. The number of aromatic amines is 1. The number of imidazole rings is 1. The molecule has 0 bridgehead atoms. The summed E-state index contributed by atoms with van der Waals surface area (Å²) in [6, 6.07) is 2.01. The van der Waals surface area contributed by atoms with E-state index in [2.05, 4.69) is 24.9 Å². The van der Waals surface area contributed by atoms with E-state index in [1.807, 2.05) is 19.9 Å². The number of hydrogen-bond acceptors (Lipinski definition) is 4. The molecule has 3 aromatic heterocycles. The molecule has 0 saturated heterocycles. The molecule has 1 N–H and O–H groups in total. The fourth-order valence-electron chi connectivity index (χ4n) is 1.64. The Bertz CT molecular complexity index is 669. The van der Waals surface area contributed by atoms with Gasteiger partial charge in [-0.15, -0.1) is 0 Å². The van der Waals surface area contributed by atoms with E-state index in [1.54, 1.807) is 18.6 Å². The van der Waals surface area contributed by atoms with Gasteiger partial charge < -0.3 is 4.98 Å². The first-order chi connectivity index (χ1) is 8.22. The molecule has 0 aliphatic rings. The standard InChI is InChI=1S/C12H11N5/c1-7-3-9-11(15-4-7)17-12(16-9)10-6-13-8(2)5-14-10/h3-6H,1-2H3,(H,15,16,17). The predicted molar refractivity (Wildman–Crippen MR) is 64.4 cm³/mol. The third-order valence-electron chi connectivity index (χ3n) is 2.50. The average Bonchev–Trinajstić information content (AvgIpc) is 2.72. The van der Waals surface area contributed by atoms with E-state index < -0.39 is 0 Å². The van der Waals surface area contributed by atoms with Crippen molar-refractivity contribution in [3.8, 4) is 11.5 Å². The van der Waals surface area contributed by atoms with Gasteiger partial charge in [0.05, 0.1) is 17.4 Å². The van der Waals surface area contributed by atoms with Crippen molar-refractivity contribution in [2.75, 3.05) is 0 Å². The number of hydrogen-bond donors (Lipinski definition) is 1. The minimum absolute atomic E-state index is 0.700. The van der Waals surface area contributed by atoms with Gasteiger partial charge in [-0.3, -0.25) is 4.98 Å². The summed E-state index contributed by atoms with van der Waals surface area (Å²) in [4.78, 5) is 20.3. The van der Waals surface area contributed by atoms with Crippen LogP contribution in [0.15, 0.2) is 24.7 Å². The highest BCUT2D eigenvalue weighted by molar-refractivity contribution is 5.75. The number of pyridine rings is 1. The van der Waals surface area contributed by atoms with Gasteiger partial charge in [-0.1, -0.05) is 0 Å². The van der Waals surface area contributed by atoms with Gasteiger partial charge in [-0.05, 0) is 25.5 Å². The molecule has 5 nitrogen and oxygen atoms in total. The van der Waals surface area contributed by atoms with Crippen LogP contribution in [0.4, 0.5) is 0 Å². The van der Waals surface area contributed by atoms with Crippen LogP contribution in [0.2, 0.25) is 0 Å². The molecule has 0 aliphatic heterocycles. The Hall–Kier alpha value is -2.30. The van der Waals surface area contributed by atoms with Crippen molar-refractivity contribution >= 4 is 11.2 Å². The van der Waals surface area contributed by atoms with Crippen LogP contribution in [0.3, 0.4) is 0 Å².